The first-order valence-corrected chi connectivity index (χ1v) is 10.2. The van der Waals surface area contributed by atoms with Crippen LogP contribution in [0.4, 0.5) is 8.63 Å². The Morgan fingerprint density at radius 2 is 1.59 bits per heavy atom. The first-order valence-electron chi connectivity index (χ1n) is 10.2. The highest BCUT2D eigenvalue weighted by Gasteiger charge is 2.30. The number of aliphatic imine (C=N–C) groups is 1. The van der Waals surface area contributed by atoms with Crippen molar-refractivity contribution in [2.45, 2.75) is 87.0 Å². The van der Waals surface area contributed by atoms with Gasteiger partial charge in [-0.3, -0.25) is 13.6 Å². The number of aromatic nitrogens is 1. The molecule has 0 atom stereocenters. The van der Waals surface area contributed by atoms with Crippen LogP contribution in [0.3, 0.4) is 0 Å². The molecule has 2 rings (SSSR count). The molecule has 0 aliphatic carbocycles. The molecule has 0 saturated heterocycles. The van der Waals surface area contributed by atoms with E-state index in [4.69, 9.17) is 4.99 Å². The van der Waals surface area contributed by atoms with Gasteiger partial charge < -0.3 is 4.48 Å². The monoisotopic (exact) mass is 374 g/mol. The van der Waals surface area contributed by atoms with E-state index < -0.39 is 7.40 Å². The fourth-order valence-electron chi connectivity index (χ4n) is 4.27. The van der Waals surface area contributed by atoms with Crippen LogP contribution in [0.25, 0.3) is 5.57 Å². The topological polar surface area (TPSA) is 17.3 Å². The lowest BCUT2D eigenvalue weighted by Gasteiger charge is -2.12. The third-order valence-corrected chi connectivity index (χ3v) is 5.84. The molecule has 0 spiro atoms. The van der Waals surface area contributed by atoms with Gasteiger partial charge in [-0.25, -0.2) is 0 Å². The summed E-state index contributed by atoms with van der Waals surface area (Å²) in [4.78, 5) is 4.79. The number of nitrogens with zero attached hydrogens (tertiary/aromatic N) is 2. The molecule has 0 unspecified atom stereocenters. The minimum atomic E-state index is -2.54. The van der Waals surface area contributed by atoms with Gasteiger partial charge >= 0.3 is 7.40 Å². The van der Waals surface area contributed by atoms with Gasteiger partial charge in [0, 0.05) is 17.1 Å². The average Bonchev–Trinajstić information content (AvgIpc) is 3.04. The lowest BCUT2D eigenvalue weighted by molar-refractivity contribution is 0.623. The Morgan fingerprint density at radius 3 is 2.15 bits per heavy atom. The van der Waals surface area contributed by atoms with Crippen LogP contribution in [0.2, 0.25) is 0 Å². The van der Waals surface area contributed by atoms with Crippen molar-refractivity contribution in [1.82, 2.24) is 4.48 Å². The molecular weight excluding hydrogens is 341 g/mol. The number of halogens is 2. The van der Waals surface area contributed by atoms with E-state index in [1.54, 1.807) is 0 Å². The van der Waals surface area contributed by atoms with Crippen LogP contribution in [0, 0.1) is 13.8 Å². The molecule has 1 aliphatic rings. The van der Waals surface area contributed by atoms with Crippen molar-refractivity contribution in [3.8, 4) is 0 Å². The first-order chi connectivity index (χ1) is 12.8. The van der Waals surface area contributed by atoms with E-state index in [0.29, 0.717) is 11.4 Å². The van der Waals surface area contributed by atoms with Crippen molar-refractivity contribution in [2.75, 3.05) is 0 Å². The van der Waals surface area contributed by atoms with Crippen molar-refractivity contribution in [2.24, 2.45) is 4.99 Å². The number of allylic oxidation sites excluding steroid dienone is 3. The lowest BCUT2D eigenvalue weighted by atomic mass is 9.96. The van der Waals surface area contributed by atoms with Gasteiger partial charge in [-0.2, -0.15) is 0 Å². The van der Waals surface area contributed by atoms with Crippen LogP contribution in [0.15, 0.2) is 21.8 Å². The molecule has 27 heavy (non-hydrogen) atoms. The molecule has 0 fully saturated rings. The molecule has 0 saturated carbocycles. The van der Waals surface area contributed by atoms with E-state index in [1.165, 1.54) is 10.1 Å². The summed E-state index contributed by atoms with van der Waals surface area (Å²) in [5.74, 6) is 0. The largest absolute Gasteiger partial charge is 0.677 e. The summed E-state index contributed by atoms with van der Waals surface area (Å²) in [6.45, 7) is 14.2. The Kier molecular flexibility index (Phi) is 7.24. The summed E-state index contributed by atoms with van der Waals surface area (Å²) in [6, 6.07) is 0. The Labute approximate surface area is 163 Å². The second kappa shape index (κ2) is 9.03. The molecule has 1 aliphatic heterocycles. The molecular formula is C22H33BF2N2. The summed E-state index contributed by atoms with van der Waals surface area (Å²) in [5.41, 5.74) is 8.59. The fraction of sp³-hybridized carbons (Fsp3) is 0.591. The number of hydrogen-bond acceptors (Lipinski definition) is 1. The fourth-order valence-corrected chi connectivity index (χ4v) is 4.27. The van der Waals surface area contributed by atoms with Crippen molar-refractivity contribution in [3.05, 3.63) is 39.4 Å². The summed E-state index contributed by atoms with van der Waals surface area (Å²) in [5, 5.41) is 0. The SMILES string of the molecule is CCCCC1=C(C)C(=C(C)c2c(C)c(CCCC)c(C)n2B(F)F)N=C1C. The standard InChI is InChI=1S/C22H33BF2N2/c1-8-10-12-19-14(3)21(26-17(19)6)16(5)22-15(4)20(13-11-9-2)18(7)27(22)23(24)25/h8-13H2,1-7H3. The van der Waals surface area contributed by atoms with E-state index in [2.05, 4.69) is 20.8 Å². The summed E-state index contributed by atoms with van der Waals surface area (Å²) in [6.07, 6.45) is 6.18. The van der Waals surface area contributed by atoms with Crippen molar-refractivity contribution >= 4 is 18.7 Å². The van der Waals surface area contributed by atoms with Crippen LogP contribution >= 0.6 is 0 Å². The van der Waals surface area contributed by atoms with Gasteiger partial charge in [-0.05, 0) is 88.1 Å². The Hall–Kier alpha value is -1.65. The van der Waals surface area contributed by atoms with Gasteiger partial charge in [0.2, 0.25) is 0 Å². The highest BCUT2D eigenvalue weighted by Crippen LogP contribution is 2.37. The first kappa shape index (κ1) is 21.7. The predicted octanol–water partition coefficient (Wildman–Crippen LogP) is 6.93. The maximum atomic E-state index is 14.0. The molecule has 2 heterocycles. The maximum Gasteiger partial charge on any atom is 0.677 e. The lowest BCUT2D eigenvalue weighted by Crippen LogP contribution is -2.18. The van der Waals surface area contributed by atoms with E-state index in [1.807, 2.05) is 27.7 Å². The van der Waals surface area contributed by atoms with Gasteiger partial charge in [-0.15, -0.1) is 0 Å². The molecule has 5 heteroatoms. The van der Waals surface area contributed by atoms with Gasteiger partial charge in [0.15, 0.2) is 0 Å². The Morgan fingerprint density at radius 1 is 1.00 bits per heavy atom. The summed E-state index contributed by atoms with van der Waals surface area (Å²) >= 11 is 0. The second-order valence-electron chi connectivity index (χ2n) is 7.67. The van der Waals surface area contributed by atoms with Crippen molar-refractivity contribution in [3.63, 3.8) is 0 Å². The second-order valence-corrected chi connectivity index (χ2v) is 7.67. The third kappa shape index (κ3) is 4.12. The minimum Gasteiger partial charge on any atom is -0.329 e. The molecule has 0 radical (unpaired) electrons. The van der Waals surface area contributed by atoms with Gasteiger partial charge in [0.1, 0.15) is 0 Å². The zero-order valence-corrected chi connectivity index (χ0v) is 18.0. The van der Waals surface area contributed by atoms with E-state index in [9.17, 15) is 8.63 Å². The number of hydrogen-bond donors (Lipinski definition) is 0. The molecule has 1 aromatic rings. The van der Waals surface area contributed by atoms with Crippen LogP contribution in [0.1, 0.15) is 89.2 Å². The molecule has 148 valence electrons. The average molecular weight is 374 g/mol. The van der Waals surface area contributed by atoms with Gasteiger partial charge in [0.25, 0.3) is 0 Å². The number of unbranched alkanes of at least 4 members (excludes halogenated alkanes) is 2. The smallest absolute Gasteiger partial charge is 0.329 e. The van der Waals surface area contributed by atoms with E-state index in [0.717, 1.165) is 72.2 Å². The predicted molar refractivity (Wildman–Crippen MR) is 114 cm³/mol. The molecule has 0 amide bonds. The zero-order valence-electron chi connectivity index (χ0n) is 18.0. The Balaban J connectivity index is 2.63. The van der Waals surface area contributed by atoms with Crippen LogP contribution in [0.5, 0.6) is 0 Å². The van der Waals surface area contributed by atoms with Gasteiger partial charge in [0.05, 0.1) is 5.70 Å². The summed E-state index contributed by atoms with van der Waals surface area (Å²) in [7, 11) is -2.54. The molecule has 0 aromatic carbocycles. The normalized spacial score (nSPS) is 16.3. The number of rotatable bonds is 8. The van der Waals surface area contributed by atoms with Crippen LogP contribution in [-0.4, -0.2) is 17.6 Å². The van der Waals surface area contributed by atoms with E-state index >= 15 is 0 Å². The Bertz CT molecular complexity index is 798. The van der Waals surface area contributed by atoms with Crippen LogP contribution < -0.4 is 0 Å². The molecule has 1 aromatic heterocycles. The van der Waals surface area contributed by atoms with Crippen molar-refractivity contribution < 1.29 is 8.63 Å². The molecule has 2 nitrogen and oxygen atoms in total. The molecule has 0 bridgehead atoms. The quantitative estimate of drug-likeness (QED) is 0.439. The highest BCUT2D eigenvalue weighted by atomic mass is 19.2. The minimum absolute atomic E-state index is 0.649. The zero-order chi connectivity index (χ0) is 20.3. The maximum absolute atomic E-state index is 14.0. The highest BCUT2D eigenvalue weighted by molar-refractivity contribution is 6.41. The van der Waals surface area contributed by atoms with Gasteiger partial charge in [-0.1, -0.05) is 26.7 Å². The molecule has 0 N–H and O–H groups in total. The van der Waals surface area contributed by atoms with E-state index in [-0.39, 0.29) is 0 Å². The van der Waals surface area contributed by atoms with Crippen LogP contribution in [-0.2, 0) is 6.42 Å². The summed E-state index contributed by atoms with van der Waals surface area (Å²) < 4.78 is 29.1. The third-order valence-electron chi connectivity index (χ3n) is 5.84. The van der Waals surface area contributed by atoms with Crippen molar-refractivity contribution in [1.29, 1.82) is 0 Å².